The van der Waals surface area contributed by atoms with E-state index in [-0.39, 0.29) is 5.97 Å². The Kier molecular flexibility index (Phi) is 5.52. The summed E-state index contributed by atoms with van der Waals surface area (Å²) in [4.78, 5) is 30.2. The van der Waals surface area contributed by atoms with Crippen molar-refractivity contribution in [2.24, 2.45) is 17.3 Å². The molecule has 9 heteroatoms. The van der Waals surface area contributed by atoms with E-state index in [1.807, 2.05) is 5.38 Å². The first kappa shape index (κ1) is 22.1. The first-order chi connectivity index (χ1) is 15.1. The summed E-state index contributed by atoms with van der Waals surface area (Å²) in [6, 6.07) is 5.21. The SMILES string of the molecule is C[C@@H](OC(=O)C12C[C@@H]3C[C@H](CC(O)(C3)C1)C2)C(=O)Nc1nc(-c2ccc(Cl)c(Cl)c2)cs1. The molecule has 4 bridgehead atoms. The van der Waals surface area contributed by atoms with E-state index in [2.05, 4.69) is 10.3 Å². The number of nitrogens with zero attached hydrogens (tertiary/aromatic N) is 1. The van der Waals surface area contributed by atoms with Crippen LogP contribution in [-0.2, 0) is 14.3 Å². The maximum absolute atomic E-state index is 13.1. The number of nitrogens with one attached hydrogen (secondary N) is 1. The fourth-order valence-corrected chi connectivity index (χ4v) is 7.14. The minimum absolute atomic E-state index is 0.358. The number of hydrogen-bond donors (Lipinski definition) is 2. The average molecular weight is 495 g/mol. The van der Waals surface area contributed by atoms with Crippen LogP contribution in [0.5, 0.6) is 0 Å². The number of esters is 1. The Bertz CT molecular complexity index is 1070. The van der Waals surface area contributed by atoms with Crippen LogP contribution in [0.25, 0.3) is 11.3 Å². The molecule has 0 spiro atoms. The van der Waals surface area contributed by atoms with Gasteiger partial charge in [0.1, 0.15) is 0 Å². The minimum Gasteiger partial charge on any atom is -0.452 e. The zero-order valence-corrected chi connectivity index (χ0v) is 19.9. The molecule has 4 aliphatic carbocycles. The number of aromatic nitrogens is 1. The zero-order chi connectivity index (χ0) is 22.7. The molecule has 2 aromatic rings. The van der Waals surface area contributed by atoms with Crippen LogP contribution >= 0.6 is 34.5 Å². The summed E-state index contributed by atoms with van der Waals surface area (Å²) < 4.78 is 5.62. The fourth-order valence-electron chi connectivity index (χ4n) is 6.12. The maximum atomic E-state index is 13.1. The molecule has 0 aliphatic heterocycles. The standard InChI is InChI=1S/C23H24Cl2N2O4S/c1-12(31-20(29)22-6-13-4-14(7-22)9-23(30,8-13)11-22)19(28)27-21-26-18(10-32-21)15-2-3-16(24)17(25)5-15/h2-3,5,10,12-14,30H,4,6-9,11H2,1H3,(H,26,27,28)/t12-,13+,14+,22?,23?/m1/s1. The Labute approximate surface area is 200 Å². The van der Waals surface area contributed by atoms with E-state index in [4.69, 9.17) is 27.9 Å². The lowest BCUT2D eigenvalue weighted by Crippen LogP contribution is -2.59. The lowest BCUT2D eigenvalue weighted by Gasteiger charge is -2.58. The van der Waals surface area contributed by atoms with Gasteiger partial charge >= 0.3 is 5.97 Å². The molecule has 4 saturated carbocycles. The molecule has 4 fully saturated rings. The van der Waals surface area contributed by atoms with Crippen molar-refractivity contribution in [2.45, 2.75) is 57.2 Å². The highest BCUT2D eigenvalue weighted by molar-refractivity contribution is 7.14. The number of halogens is 2. The average Bonchev–Trinajstić information content (AvgIpc) is 3.16. The Morgan fingerprint density at radius 2 is 1.94 bits per heavy atom. The number of thiazole rings is 1. The van der Waals surface area contributed by atoms with E-state index in [9.17, 15) is 14.7 Å². The third kappa shape index (κ3) is 4.04. The number of rotatable bonds is 5. The molecular formula is C23H24Cl2N2O4S. The van der Waals surface area contributed by atoms with E-state index >= 15 is 0 Å². The van der Waals surface area contributed by atoms with Crippen molar-refractivity contribution >= 4 is 51.5 Å². The Balaban J connectivity index is 1.23. The second kappa shape index (κ2) is 7.97. The van der Waals surface area contributed by atoms with Crippen LogP contribution in [0.1, 0.15) is 45.4 Å². The second-order valence-electron chi connectivity index (χ2n) is 9.67. The van der Waals surface area contributed by atoms with Gasteiger partial charge in [-0.05, 0) is 69.4 Å². The molecule has 170 valence electrons. The molecule has 32 heavy (non-hydrogen) atoms. The van der Waals surface area contributed by atoms with Gasteiger partial charge in [-0.15, -0.1) is 11.3 Å². The number of aliphatic hydroxyl groups is 1. The summed E-state index contributed by atoms with van der Waals surface area (Å²) in [6.07, 6.45) is 3.62. The van der Waals surface area contributed by atoms with E-state index in [0.717, 1.165) is 37.7 Å². The highest BCUT2D eigenvalue weighted by Crippen LogP contribution is 2.62. The number of carbonyl (C=O) groups excluding carboxylic acids is 2. The molecule has 1 amide bonds. The Morgan fingerprint density at radius 1 is 1.22 bits per heavy atom. The molecule has 2 N–H and O–H groups in total. The molecule has 0 saturated heterocycles. The van der Waals surface area contributed by atoms with Gasteiger partial charge in [0.25, 0.3) is 5.91 Å². The third-order valence-corrected chi connectivity index (χ3v) is 8.56. The van der Waals surface area contributed by atoms with Crippen LogP contribution in [0.15, 0.2) is 23.6 Å². The van der Waals surface area contributed by atoms with Gasteiger partial charge in [-0.1, -0.05) is 29.3 Å². The molecule has 1 aromatic heterocycles. The van der Waals surface area contributed by atoms with Crippen molar-refractivity contribution in [1.29, 1.82) is 0 Å². The van der Waals surface area contributed by atoms with Crippen molar-refractivity contribution in [2.75, 3.05) is 5.32 Å². The molecule has 6 nitrogen and oxygen atoms in total. The molecular weight excluding hydrogens is 471 g/mol. The summed E-state index contributed by atoms with van der Waals surface area (Å²) in [5.74, 6) is -0.0544. The Morgan fingerprint density at radius 3 is 2.59 bits per heavy atom. The first-order valence-corrected chi connectivity index (χ1v) is 12.4. The summed E-state index contributed by atoms with van der Waals surface area (Å²) in [6.45, 7) is 1.57. The highest BCUT2D eigenvalue weighted by atomic mass is 35.5. The van der Waals surface area contributed by atoms with Gasteiger partial charge in [0.2, 0.25) is 0 Å². The van der Waals surface area contributed by atoms with E-state index in [1.165, 1.54) is 11.3 Å². The predicted octanol–water partition coefficient (Wildman–Crippen LogP) is 5.32. The van der Waals surface area contributed by atoms with Gasteiger partial charge in [-0.25, -0.2) is 4.98 Å². The van der Waals surface area contributed by atoms with E-state index in [0.29, 0.717) is 39.1 Å². The van der Waals surface area contributed by atoms with Gasteiger partial charge in [0.05, 0.1) is 26.8 Å². The van der Waals surface area contributed by atoms with Crippen LogP contribution in [-0.4, -0.2) is 33.7 Å². The molecule has 0 unspecified atom stereocenters. The van der Waals surface area contributed by atoms with Gasteiger partial charge in [-0.2, -0.15) is 0 Å². The number of carbonyl (C=O) groups is 2. The van der Waals surface area contributed by atoms with Crippen LogP contribution in [0.2, 0.25) is 10.0 Å². The van der Waals surface area contributed by atoms with Crippen LogP contribution in [0, 0.1) is 17.3 Å². The fraction of sp³-hybridized carbons (Fsp3) is 0.522. The topological polar surface area (TPSA) is 88.5 Å². The second-order valence-corrected chi connectivity index (χ2v) is 11.3. The highest BCUT2D eigenvalue weighted by Gasteiger charge is 2.61. The summed E-state index contributed by atoms with van der Waals surface area (Å²) >= 11 is 13.3. The number of ether oxygens (including phenoxy) is 1. The number of anilines is 1. The lowest BCUT2D eigenvalue weighted by molar-refractivity contribution is -0.199. The number of hydrogen-bond acceptors (Lipinski definition) is 6. The summed E-state index contributed by atoms with van der Waals surface area (Å²) in [5, 5.41) is 16.7. The summed E-state index contributed by atoms with van der Waals surface area (Å²) in [7, 11) is 0. The normalized spacial score (nSPS) is 31.4. The van der Waals surface area contributed by atoms with Gasteiger partial charge < -0.3 is 9.84 Å². The lowest BCUT2D eigenvalue weighted by atomic mass is 9.48. The molecule has 3 atom stereocenters. The molecule has 4 aliphatic rings. The van der Waals surface area contributed by atoms with E-state index in [1.54, 1.807) is 25.1 Å². The van der Waals surface area contributed by atoms with E-state index < -0.39 is 23.0 Å². The monoisotopic (exact) mass is 494 g/mol. The quantitative estimate of drug-likeness (QED) is 0.549. The van der Waals surface area contributed by atoms with Gasteiger partial charge in [0, 0.05) is 10.9 Å². The van der Waals surface area contributed by atoms with Crippen molar-refractivity contribution in [3.63, 3.8) is 0 Å². The predicted molar refractivity (Wildman–Crippen MR) is 124 cm³/mol. The Hall–Kier alpha value is -1.67. The summed E-state index contributed by atoms with van der Waals surface area (Å²) in [5.41, 5.74) is 0.0390. The van der Waals surface area contributed by atoms with Crippen LogP contribution in [0.4, 0.5) is 5.13 Å². The zero-order valence-electron chi connectivity index (χ0n) is 17.6. The molecule has 6 rings (SSSR count). The van der Waals surface area contributed by atoms with Gasteiger partial charge in [-0.3, -0.25) is 14.9 Å². The minimum atomic E-state index is -0.956. The largest absolute Gasteiger partial charge is 0.452 e. The molecule has 1 aromatic carbocycles. The first-order valence-electron chi connectivity index (χ1n) is 10.8. The molecule has 0 radical (unpaired) electrons. The third-order valence-electron chi connectivity index (χ3n) is 7.07. The van der Waals surface area contributed by atoms with Gasteiger partial charge in [0.15, 0.2) is 11.2 Å². The number of amides is 1. The smallest absolute Gasteiger partial charge is 0.312 e. The van der Waals surface area contributed by atoms with Crippen LogP contribution < -0.4 is 5.32 Å². The molecule has 1 heterocycles. The van der Waals surface area contributed by atoms with Crippen LogP contribution in [0.3, 0.4) is 0 Å². The van der Waals surface area contributed by atoms with Crippen molar-refractivity contribution in [3.8, 4) is 11.3 Å². The van der Waals surface area contributed by atoms with Crippen molar-refractivity contribution < 1.29 is 19.4 Å². The number of benzene rings is 1. The van der Waals surface area contributed by atoms with Crippen molar-refractivity contribution in [3.05, 3.63) is 33.6 Å². The maximum Gasteiger partial charge on any atom is 0.312 e. The van der Waals surface area contributed by atoms with Crippen molar-refractivity contribution in [1.82, 2.24) is 4.98 Å².